The molecule has 0 unspecified atom stereocenters. The monoisotopic (exact) mass is 263 g/mol. The SMILES string of the molecule is O=c1[nH]c(-c2ccc3ccccc3c2)nc2c1CNC2. The van der Waals surface area contributed by atoms with Gasteiger partial charge in [0.25, 0.3) is 5.56 Å². The molecular weight excluding hydrogens is 250 g/mol. The zero-order valence-electron chi connectivity index (χ0n) is 10.8. The molecule has 2 aromatic carbocycles. The quantitative estimate of drug-likeness (QED) is 0.707. The Hall–Kier alpha value is -2.46. The predicted octanol–water partition coefficient (Wildman–Crippen LogP) is 2.19. The summed E-state index contributed by atoms with van der Waals surface area (Å²) >= 11 is 0. The highest BCUT2D eigenvalue weighted by molar-refractivity contribution is 5.86. The molecule has 98 valence electrons. The molecule has 3 aromatic rings. The minimum absolute atomic E-state index is 0.0387. The fourth-order valence-corrected chi connectivity index (χ4v) is 2.65. The van der Waals surface area contributed by atoms with Gasteiger partial charge in [0, 0.05) is 18.7 Å². The second-order valence-electron chi connectivity index (χ2n) is 5.01. The number of fused-ring (bicyclic) bond motifs is 2. The molecule has 0 spiro atoms. The molecule has 1 aliphatic rings. The van der Waals surface area contributed by atoms with Crippen molar-refractivity contribution in [3.8, 4) is 11.4 Å². The number of benzene rings is 2. The first-order chi connectivity index (χ1) is 9.81. The van der Waals surface area contributed by atoms with Crippen LogP contribution in [0.3, 0.4) is 0 Å². The largest absolute Gasteiger partial charge is 0.307 e. The van der Waals surface area contributed by atoms with Crippen LogP contribution in [0.5, 0.6) is 0 Å². The first kappa shape index (κ1) is 11.4. The van der Waals surface area contributed by atoms with Gasteiger partial charge in [-0.3, -0.25) is 4.79 Å². The van der Waals surface area contributed by atoms with Crippen LogP contribution in [0.2, 0.25) is 0 Å². The van der Waals surface area contributed by atoms with Crippen molar-refractivity contribution in [3.63, 3.8) is 0 Å². The summed E-state index contributed by atoms with van der Waals surface area (Å²) in [6, 6.07) is 14.3. The number of hydrogen-bond acceptors (Lipinski definition) is 3. The molecule has 4 nitrogen and oxygen atoms in total. The summed E-state index contributed by atoms with van der Waals surface area (Å²) in [4.78, 5) is 19.5. The van der Waals surface area contributed by atoms with Crippen LogP contribution in [0.1, 0.15) is 11.3 Å². The van der Waals surface area contributed by atoms with Gasteiger partial charge < -0.3 is 10.3 Å². The molecule has 0 saturated carbocycles. The molecular formula is C16H13N3O. The number of hydrogen-bond donors (Lipinski definition) is 2. The lowest BCUT2D eigenvalue weighted by Gasteiger charge is -2.05. The third kappa shape index (κ3) is 1.73. The number of nitrogens with zero attached hydrogens (tertiary/aromatic N) is 1. The van der Waals surface area contributed by atoms with Gasteiger partial charge in [-0.1, -0.05) is 36.4 Å². The molecule has 0 atom stereocenters. The molecule has 1 aromatic heterocycles. The molecule has 0 fully saturated rings. The van der Waals surface area contributed by atoms with Crippen molar-refractivity contribution >= 4 is 10.8 Å². The van der Waals surface area contributed by atoms with Gasteiger partial charge >= 0.3 is 0 Å². The van der Waals surface area contributed by atoms with Crippen molar-refractivity contribution < 1.29 is 0 Å². The average Bonchev–Trinajstić information content (AvgIpc) is 2.96. The maximum Gasteiger partial charge on any atom is 0.255 e. The predicted molar refractivity (Wildman–Crippen MR) is 78.3 cm³/mol. The van der Waals surface area contributed by atoms with Gasteiger partial charge in [-0.2, -0.15) is 0 Å². The van der Waals surface area contributed by atoms with Crippen molar-refractivity contribution in [2.75, 3.05) is 0 Å². The second kappa shape index (κ2) is 4.28. The third-order valence-electron chi connectivity index (χ3n) is 3.72. The van der Waals surface area contributed by atoms with E-state index in [0.717, 1.165) is 22.2 Å². The van der Waals surface area contributed by atoms with E-state index in [9.17, 15) is 4.79 Å². The molecule has 0 bridgehead atoms. The molecule has 2 N–H and O–H groups in total. The highest BCUT2D eigenvalue weighted by atomic mass is 16.1. The Morgan fingerprint density at radius 1 is 1.00 bits per heavy atom. The molecule has 4 heteroatoms. The van der Waals surface area contributed by atoms with E-state index in [1.54, 1.807) is 0 Å². The van der Waals surface area contributed by atoms with E-state index in [0.29, 0.717) is 18.9 Å². The number of aromatic nitrogens is 2. The average molecular weight is 263 g/mol. The van der Waals surface area contributed by atoms with Crippen LogP contribution >= 0.6 is 0 Å². The Morgan fingerprint density at radius 3 is 2.75 bits per heavy atom. The highest BCUT2D eigenvalue weighted by Gasteiger charge is 2.17. The van der Waals surface area contributed by atoms with Gasteiger partial charge in [0.05, 0.1) is 11.3 Å². The molecule has 0 saturated heterocycles. The number of nitrogens with one attached hydrogen (secondary N) is 2. The maximum atomic E-state index is 12.0. The van der Waals surface area contributed by atoms with Gasteiger partial charge in [-0.25, -0.2) is 4.98 Å². The van der Waals surface area contributed by atoms with Crippen molar-refractivity contribution in [3.05, 3.63) is 64.1 Å². The van der Waals surface area contributed by atoms with Crippen LogP contribution in [0, 0.1) is 0 Å². The van der Waals surface area contributed by atoms with E-state index in [1.165, 1.54) is 5.39 Å². The maximum absolute atomic E-state index is 12.0. The zero-order valence-corrected chi connectivity index (χ0v) is 10.8. The van der Waals surface area contributed by atoms with E-state index >= 15 is 0 Å². The summed E-state index contributed by atoms with van der Waals surface area (Å²) in [6.07, 6.45) is 0. The van der Waals surface area contributed by atoms with Gasteiger partial charge in [-0.15, -0.1) is 0 Å². The minimum atomic E-state index is -0.0387. The van der Waals surface area contributed by atoms with Crippen molar-refractivity contribution in [1.82, 2.24) is 15.3 Å². The van der Waals surface area contributed by atoms with E-state index in [4.69, 9.17) is 0 Å². The first-order valence-corrected chi connectivity index (χ1v) is 6.63. The summed E-state index contributed by atoms with van der Waals surface area (Å²) in [6.45, 7) is 1.27. The molecule has 4 rings (SSSR count). The molecule has 0 aliphatic carbocycles. The number of rotatable bonds is 1. The summed E-state index contributed by atoms with van der Waals surface area (Å²) in [5.41, 5.74) is 2.52. The molecule has 0 amide bonds. The standard InChI is InChI=1S/C16H13N3O/c20-16-13-8-17-9-14(13)18-15(19-16)12-6-5-10-3-1-2-4-11(10)7-12/h1-7,17H,8-9H2,(H,18,19,20). The topological polar surface area (TPSA) is 57.8 Å². The summed E-state index contributed by atoms with van der Waals surface area (Å²) in [5.74, 6) is 0.642. The Kier molecular flexibility index (Phi) is 2.44. The summed E-state index contributed by atoms with van der Waals surface area (Å²) < 4.78 is 0. The van der Waals surface area contributed by atoms with Gasteiger partial charge in [0.1, 0.15) is 5.82 Å². The third-order valence-corrected chi connectivity index (χ3v) is 3.72. The Labute approximate surface area is 115 Å². The van der Waals surface area contributed by atoms with Crippen LogP contribution in [0.4, 0.5) is 0 Å². The second-order valence-corrected chi connectivity index (χ2v) is 5.01. The van der Waals surface area contributed by atoms with Gasteiger partial charge in [-0.05, 0) is 16.8 Å². The molecule has 2 heterocycles. The minimum Gasteiger partial charge on any atom is -0.307 e. The lowest BCUT2D eigenvalue weighted by molar-refractivity contribution is 0.757. The molecule has 1 aliphatic heterocycles. The van der Waals surface area contributed by atoms with Crippen LogP contribution < -0.4 is 10.9 Å². The highest BCUT2D eigenvalue weighted by Crippen LogP contribution is 2.22. The van der Waals surface area contributed by atoms with Crippen LogP contribution in [-0.4, -0.2) is 9.97 Å². The van der Waals surface area contributed by atoms with E-state index < -0.39 is 0 Å². The van der Waals surface area contributed by atoms with E-state index in [1.807, 2.05) is 18.2 Å². The number of H-pyrrole nitrogens is 1. The smallest absolute Gasteiger partial charge is 0.255 e. The van der Waals surface area contributed by atoms with Gasteiger partial charge in [0.15, 0.2) is 0 Å². The van der Waals surface area contributed by atoms with E-state index in [2.05, 4.69) is 39.6 Å². The summed E-state index contributed by atoms with van der Waals surface area (Å²) in [5, 5.41) is 5.48. The Bertz CT molecular complexity index is 867. The molecule has 20 heavy (non-hydrogen) atoms. The lowest BCUT2D eigenvalue weighted by atomic mass is 10.1. The fraction of sp³-hybridized carbons (Fsp3) is 0.125. The van der Waals surface area contributed by atoms with E-state index in [-0.39, 0.29) is 5.56 Å². The lowest BCUT2D eigenvalue weighted by Crippen LogP contribution is -2.15. The number of aromatic amines is 1. The van der Waals surface area contributed by atoms with Crippen molar-refractivity contribution in [1.29, 1.82) is 0 Å². The van der Waals surface area contributed by atoms with Crippen LogP contribution in [-0.2, 0) is 13.1 Å². The van der Waals surface area contributed by atoms with Crippen molar-refractivity contribution in [2.24, 2.45) is 0 Å². The van der Waals surface area contributed by atoms with Crippen LogP contribution in [0.15, 0.2) is 47.3 Å². The molecule has 0 radical (unpaired) electrons. The van der Waals surface area contributed by atoms with Gasteiger partial charge in [0.2, 0.25) is 0 Å². The van der Waals surface area contributed by atoms with Crippen molar-refractivity contribution in [2.45, 2.75) is 13.1 Å². The Morgan fingerprint density at radius 2 is 1.85 bits per heavy atom. The normalized spacial score (nSPS) is 13.6. The Balaban J connectivity index is 1.91. The van der Waals surface area contributed by atoms with Crippen LogP contribution in [0.25, 0.3) is 22.2 Å². The zero-order chi connectivity index (χ0) is 13.5. The first-order valence-electron chi connectivity index (χ1n) is 6.63. The summed E-state index contributed by atoms with van der Waals surface area (Å²) in [7, 11) is 0. The fourth-order valence-electron chi connectivity index (χ4n) is 2.65.